The number of hydrogen-bond donors (Lipinski definition) is 2. The minimum absolute atomic E-state index is 0.122. The molecule has 2 saturated heterocycles. The maximum Gasteiger partial charge on any atom is 0.416 e. The number of carbonyl (C=O) groups excluding carboxylic acids is 1. The van der Waals surface area contributed by atoms with Crippen LogP contribution in [0.5, 0.6) is 0 Å². The van der Waals surface area contributed by atoms with Gasteiger partial charge in [0.15, 0.2) is 0 Å². The Morgan fingerprint density at radius 3 is 2.59 bits per heavy atom. The van der Waals surface area contributed by atoms with Crippen LogP contribution in [0.4, 0.5) is 13.2 Å². The van der Waals surface area contributed by atoms with Gasteiger partial charge in [-0.1, -0.05) is 11.8 Å². The van der Waals surface area contributed by atoms with Crippen molar-refractivity contribution in [3.8, 4) is 0 Å². The fraction of sp³-hybridized carbons (Fsp3) is 0.368. The number of nitrogens with one attached hydrogen (secondary N) is 2. The zero-order chi connectivity index (χ0) is 19.0. The first-order valence-corrected chi connectivity index (χ1v) is 9.58. The van der Waals surface area contributed by atoms with Crippen molar-refractivity contribution in [3.05, 3.63) is 53.7 Å². The van der Waals surface area contributed by atoms with E-state index in [1.54, 1.807) is 24.3 Å². The molecule has 2 N–H and O–H groups in total. The largest absolute Gasteiger partial charge is 0.416 e. The lowest BCUT2D eigenvalue weighted by molar-refractivity contribution is -0.137. The van der Waals surface area contributed by atoms with E-state index in [0.717, 1.165) is 47.8 Å². The van der Waals surface area contributed by atoms with Crippen LogP contribution in [-0.2, 0) is 6.18 Å². The van der Waals surface area contributed by atoms with Crippen molar-refractivity contribution < 1.29 is 18.0 Å². The third-order valence-electron chi connectivity index (χ3n) is 5.02. The normalized spacial score (nSPS) is 24.2. The van der Waals surface area contributed by atoms with Crippen molar-refractivity contribution in [1.29, 1.82) is 0 Å². The summed E-state index contributed by atoms with van der Waals surface area (Å²) < 4.78 is 38.4. The molecule has 1 amide bonds. The standard InChI is InChI=1S/C19H18F3N3OS/c20-19(21,22)12-7-8-23-17(9-12)27-14-4-1-11(2-5-14)18(26)25-16-10-13-3-6-15(16)24-13/h1-2,4-5,7-9,13,15-16,24H,3,6,10H2,(H,25,26). The zero-order valence-electron chi connectivity index (χ0n) is 14.3. The molecule has 3 heterocycles. The van der Waals surface area contributed by atoms with Crippen LogP contribution in [0.25, 0.3) is 0 Å². The van der Waals surface area contributed by atoms with Crippen molar-refractivity contribution >= 4 is 17.7 Å². The molecule has 2 aliphatic rings. The Labute approximate surface area is 158 Å². The Morgan fingerprint density at radius 1 is 1.19 bits per heavy atom. The number of alkyl halides is 3. The Bertz CT molecular complexity index is 841. The van der Waals surface area contributed by atoms with Gasteiger partial charge >= 0.3 is 6.18 Å². The molecule has 4 rings (SSSR count). The van der Waals surface area contributed by atoms with Crippen molar-refractivity contribution in [3.63, 3.8) is 0 Å². The highest BCUT2D eigenvalue weighted by atomic mass is 32.2. The lowest BCUT2D eigenvalue weighted by Gasteiger charge is -2.21. The minimum Gasteiger partial charge on any atom is -0.348 e. The van der Waals surface area contributed by atoms with Crippen LogP contribution in [0.3, 0.4) is 0 Å². The molecule has 142 valence electrons. The van der Waals surface area contributed by atoms with E-state index < -0.39 is 11.7 Å². The molecule has 2 fully saturated rings. The highest BCUT2D eigenvalue weighted by Gasteiger charge is 2.39. The van der Waals surface area contributed by atoms with Gasteiger partial charge in [0.1, 0.15) is 5.03 Å². The fourth-order valence-corrected chi connectivity index (χ4v) is 4.49. The number of halogens is 3. The molecule has 2 bridgehead atoms. The smallest absolute Gasteiger partial charge is 0.348 e. The molecule has 0 spiro atoms. The summed E-state index contributed by atoms with van der Waals surface area (Å²) in [6, 6.07) is 9.83. The number of benzene rings is 1. The molecule has 2 aliphatic heterocycles. The summed E-state index contributed by atoms with van der Waals surface area (Å²) in [5, 5.41) is 6.81. The fourth-order valence-electron chi connectivity index (χ4n) is 3.67. The monoisotopic (exact) mass is 393 g/mol. The number of hydrogen-bond acceptors (Lipinski definition) is 4. The molecule has 3 atom stereocenters. The van der Waals surface area contributed by atoms with Crippen molar-refractivity contribution in [2.24, 2.45) is 0 Å². The molecule has 8 heteroatoms. The quantitative estimate of drug-likeness (QED) is 0.828. The number of rotatable bonds is 4. The molecule has 1 aromatic carbocycles. The number of carbonyl (C=O) groups is 1. The van der Waals surface area contributed by atoms with E-state index >= 15 is 0 Å². The summed E-state index contributed by atoms with van der Waals surface area (Å²) in [6.07, 6.45) is -0.0155. The first-order chi connectivity index (χ1) is 12.9. The van der Waals surface area contributed by atoms with Crippen LogP contribution in [-0.4, -0.2) is 29.0 Å². The second kappa shape index (κ2) is 7.16. The summed E-state index contributed by atoms with van der Waals surface area (Å²) in [5.41, 5.74) is -0.186. The van der Waals surface area contributed by atoms with Crippen molar-refractivity contribution in [1.82, 2.24) is 15.6 Å². The highest BCUT2D eigenvalue weighted by molar-refractivity contribution is 7.99. The first-order valence-electron chi connectivity index (χ1n) is 8.76. The van der Waals surface area contributed by atoms with E-state index in [9.17, 15) is 18.0 Å². The van der Waals surface area contributed by atoms with Gasteiger partial charge in [-0.15, -0.1) is 0 Å². The van der Waals surface area contributed by atoms with Crippen LogP contribution in [0, 0.1) is 0 Å². The molecule has 3 unspecified atom stereocenters. The van der Waals surface area contributed by atoms with Crippen molar-refractivity contribution in [2.75, 3.05) is 0 Å². The molecule has 0 radical (unpaired) electrons. The summed E-state index contributed by atoms with van der Waals surface area (Å²) in [4.78, 5) is 17.1. The predicted octanol–water partition coefficient (Wildman–Crippen LogP) is 3.87. The number of pyridine rings is 1. The lowest BCUT2D eigenvalue weighted by atomic mass is 9.95. The Morgan fingerprint density at radius 2 is 1.96 bits per heavy atom. The second-order valence-corrected chi connectivity index (χ2v) is 7.96. The number of nitrogens with zero attached hydrogens (tertiary/aromatic N) is 1. The molecule has 0 saturated carbocycles. The third-order valence-corrected chi connectivity index (χ3v) is 5.96. The van der Waals surface area contributed by atoms with Gasteiger partial charge in [0.05, 0.1) is 5.56 Å². The van der Waals surface area contributed by atoms with Crippen molar-refractivity contribution in [2.45, 2.75) is 53.5 Å². The highest BCUT2D eigenvalue weighted by Crippen LogP contribution is 2.33. The molecular weight excluding hydrogens is 375 g/mol. The maximum absolute atomic E-state index is 12.8. The van der Waals surface area contributed by atoms with Gasteiger partial charge in [0, 0.05) is 34.8 Å². The SMILES string of the molecule is O=C(NC1CC2CCC1N2)c1ccc(Sc2cc(C(F)(F)F)ccn2)cc1. The summed E-state index contributed by atoms with van der Waals surface area (Å²) in [5.74, 6) is -0.122. The minimum atomic E-state index is -4.39. The van der Waals surface area contributed by atoms with Gasteiger partial charge in [-0.3, -0.25) is 4.79 Å². The molecule has 0 aliphatic carbocycles. The van der Waals surface area contributed by atoms with Crippen LogP contribution < -0.4 is 10.6 Å². The Hall–Kier alpha value is -2.06. The van der Waals surface area contributed by atoms with Crippen LogP contribution >= 0.6 is 11.8 Å². The topological polar surface area (TPSA) is 54.0 Å². The van der Waals surface area contributed by atoms with E-state index in [0.29, 0.717) is 17.6 Å². The van der Waals surface area contributed by atoms with Gasteiger partial charge in [0.25, 0.3) is 5.91 Å². The number of aromatic nitrogens is 1. The van der Waals surface area contributed by atoms with Gasteiger partial charge in [-0.05, 0) is 55.7 Å². The summed E-state index contributed by atoms with van der Waals surface area (Å²) in [6.45, 7) is 0. The Kier molecular flexibility index (Phi) is 4.86. The molecule has 4 nitrogen and oxygen atoms in total. The second-order valence-electron chi connectivity index (χ2n) is 6.87. The predicted molar refractivity (Wildman–Crippen MR) is 95.6 cm³/mol. The van der Waals surface area contributed by atoms with Gasteiger partial charge < -0.3 is 10.6 Å². The van der Waals surface area contributed by atoms with Gasteiger partial charge in [-0.25, -0.2) is 4.98 Å². The van der Waals surface area contributed by atoms with E-state index in [4.69, 9.17) is 0 Å². The van der Waals surface area contributed by atoms with E-state index in [-0.39, 0.29) is 17.0 Å². The summed E-state index contributed by atoms with van der Waals surface area (Å²) >= 11 is 1.13. The summed E-state index contributed by atoms with van der Waals surface area (Å²) in [7, 11) is 0. The average Bonchev–Trinajstić information content (AvgIpc) is 3.25. The maximum atomic E-state index is 12.8. The zero-order valence-corrected chi connectivity index (χ0v) is 15.1. The van der Waals surface area contributed by atoms with Gasteiger partial charge in [0.2, 0.25) is 0 Å². The average molecular weight is 393 g/mol. The Balaban J connectivity index is 1.39. The van der Waals surface area contributed by atoms with E-state index in [1.807, 2.05) is 0 Å². The molecule has 1 aromatic heterocycles. The number of amides is 1. The molecular formula is C19H18F3N3OS. The van der Waals surface area contributed by atoms with E-state index in [2.05, 4.69) is 15.6 Å². The lowest BCUT2D eigenvalue weighted by Crippen LogP contribution is -2.42. The third kappa shape index (κ3) is 4.11. The first kappa shape index (κ1) is 18.3. The molecule has 2 aromatic rings. The van der Waals surface area contributed by atoms with Crippen LogP contribution in [0.15, 0.2) is 52.5 Å². The number of fused-ring (bicyclic) bond motifs is 2. The van der Waals surface area contributed by atoms with E-state index in [1.165, 1.54) is 6.42 Å². The van der Waals surface area contributed by atoms with Crippen LogP contribution in [0.2, 0.25) is 0 Å². The van der Waals surface area contributed by atoms with Crippen LogP contribution in [0.1, 0.15) is 35.2 Å². The molecule has 27 heavy (non-hydrogen) atoms. The van der Waals surface area contributed by atoms with Gasteiger partial charge in [-0.2, -0.15) is 13.2 Å².